The van der Waals surface area contributed by atoms with Crippen molar-refractivity contribution in [3.8, 4) is 11.3 Å². The molecule has 1 saturated heterocycles. The number of aromatic nitrogens is 3. The first kappa shape index (κ1) is 30.6. The number of pyridine rings is 1. The van der Waals surface area contributed by atoms with Gasteiger partial charge in [0.1, 0.15) is 6.29 Å². The van der Waals surface area contributed by atoms with Gasteiger partial charge in [0.15, 0.2) is 0 Å². The third-order valence-corrected chi connectivity index (χ3v) is 6.27. The fourth-order valence-corrected chi connectivity index (χ4v) is 3.97. The summed E-state index contributed by atoms with van der Waals surface area (Å²) in [4.78, 5) is 44.8. The number of hydrogen-bond acceptors (Lipinski definition) is 7. The zero-order valence-corrected chi connectivity index (χ0v) is 21.5. The summed E-state index contributed by atoms with van der Waals surface area (Å²) in [6, 6.07) is 5.58. The maximum Gasteiger partial charge on any atom is 0.222 e. The summed E-state index contributed by atoms with van der Waals surface area (Å²) < 4.78 is 0. The van der Waals surface area contributed by atoms with Gasteiger partial charge >= 0.3 is 0 Å². The van der Waals surface area contributed by atoms with E-state index in [4.69, 9.17) is 0 Å². The predicted molar refractivity (Wildman–Crippen MR) is 140 cm³/mol. The summed E-state index contributed by atoms with van der Waals surface area (Å²) >= 11 is 0. The lowest BCUT2D eigenvalue weighted by molar-refractivity contribution is -0.123. The highest BCUT2D eigenvalue weighted by atomic mass is 16.1. The molecule has 1 aliphatic heterocycles. The van der Waals surface area contributed by atoms with Crippen LogP contribution in [-0.2, 0) is 14.4 Å². The molecule has 2 aromatic heterocycles. The van der Waals surface area contributed by atoms with Crippen molar-refractivity contribution in [3.05, 3.63) is 36.8 Å². The van der Waals surface area contributed by atoms with Crippen LogP contribution in [0.2, 0.25) is 0 Å². The molecule has 10 nitrogen and oxygen atoms in total. The van der Waals surface area contributed by atoms with Crippen LogP contribution in [0, 0.1) is 11.3 Å². The highest BCUT2D eigenvalue weighted by Gasteiger charge is 2.51. The number of hydrogen-bond donors (Lipinski definition) is 2. The van der Waals surface area contributed by atoms with Gasteiger partial charge in [-0.25, -0.2) is 9.97 Å². The molecule has 4 N–H and O–H groups in total. The van der Waals surface area contributed by atoms with Gasteiger partial charge in [-0.3, -0.25) is 14.6 Å². The molecule has 198 valence electrons. The van der Waals surface area contributed by atoms with E-state index in [0.717, 1.165) is 49.9 Å². The Balaban J connectivity index is 0.000000271. The minimum atomic E-state index is -0.130. The smallest absolute Gasteiger partial charge is 0.222 e. The lowest BCUT2D eigenvalue weighted by Crippen LogP contribution is -2.28. The Morgan fingerprint density at radius 3 is 2.53 bits per heavy atom. The van der Waals surface area contributed by atoms with Gasteiger partial charge in [-0.05, 0) is 55.2 Å². The number of rotatable bonds is 10. The highest BCUT2D eigenvalue weighted by Crippen LogP contribution is 2.54. The normalized spacial score (nSPS) is 17.2. The standard InChI is InChI=1S/C10H10N4.C8H11NO2.C8H17NO.H2O/c1-11-10-13-6-4-9(14-10)8-3-2-5-12-7-8;10-4-7-3-8(1-2-8)5-9(7)6-11;1-3-4-5-8(2)6-9-7-10;/h2-7H,1H3,(H,11,13,14);4,6-7H,1-3,5H2;7-8H,3-6H2,1-2H3,(H,9,10);1H2. The van der Waals surface area contributed by atoms with E-state index in [2.05, 4.69) is 39.4 Å². The minimum absolute atomic E-state index is 0. The molecular weight excluding hydrogens is 460 g/mol. The number of amides is 2. The van der Waals surface area contributed by atoms with Gasteiger partial charge < -0.3 is 25.8 Å². The average molecular weight is 501 g/mol. The maximum atomic E-state index is 10.5. The summed E-state index contributed by atoms with van der Waals surface area (Å²) in [6.45, 7) is 5.97. The Labute approximate surface area is 213 Å². The first-order valence-corrected chi connectivity index (χ1v) is 12.3. The summed E-state index contributed by atoms with van der Waals surface area (Å²) in [7, 11) is 1.79. The third-order valence-electron chi connectivity index (χ3n) is 6.27. The Kier molecular flexibility index (Phi) is 13.9. The zero-order valence-electron chi connectivity index (χ0n) is 21.5. The second-order valence-electron chi connectivity index (χ2n) is 9.22. The van der Waals surface area contributed by atoms with E-state index in [1.54, 1.807) is 30.5 Å². The van der Waals surface area contributed by atoms with Crippen molar-refractivity contribution in [1.29, 1.82) is 0 Å². The molecule has 10 heteroatoms. The number of anilines is 1. The number of aldehydes is 1. The number of nitrogens with one attached hydrogen (secondary N) is 2. The van der Waals surface area contributed by atoms with Crippen molar-refractivity contribution < 1.29 is 19.9 Å². The van der Waals surface area contributed by atoms with Gasteiger partial charge in [-0.15, -0.1) is 0 Å². The highest BCUT2D eigenvalue weighted by molar-refractivity contribution is 5.65. The van der Waals surface area contributed by atoms with E-state index in [0.29, 0.717) is 17.3 Å². The second-order valence-corrected chi connectivity index (χ2v) is 9.22. The molecule has 36 heavy (non-hydrogen) atoms. The van der Waals surface area contributed by atoms with E-state index in [-0.39, 0.29) is 11.5 Å². The van der Waals surface area contributed by atoms with E-state index in [1.807, 2.05) is 18.2 Å². The van der Waals surface area contributed by atoms with E-state index < -0.39 is 0 Å². The van der Waals surface area contributed by atoms with Crippen LogP contribution in [0.4, 0.5) is 5.95 Å². The lowest BCUT2D eigenvalue weighted by Gasteiger charge is -2.12. The van der Waals surface area contributed by atoms with Crippen molar-refractivity contribution in [1.82, 2.24) is 25.2 Å². The summed E-state index contributed by atoms with van der Waals surface area (Å²) in [5.41, 5.74) is 2.22. The topological polar surface area (TPSA) is 149 Å². The molecule has 1 spiro atoms. The third kappa shape index (κ3) is 10.1. The van der Waals surface area contributed by atoms with Crippen LogP contribution >= 0.6 is 0 Å². The van der Waals surface area contributed by atoms with Gasteiger partial charge in [0.2, 0.25) is 18.8 Å². The van der Waals surface area contributed by atoms with Crippen LogP contribution in [-0.4, -0.2) is 70.6 Å². The molecule has 2 atom stereocenters. The van der Waals surface area contributed by atoms with Crippen LogP contribution in [0.1, 0.15) is 52.4 Å². The monoisotopic (exact) mass is 500 g/mol. The predicted octanol–water partition coefficient (Wildman–Crippen LogP) is 2.51. The second kappa shape index (κ2) is 16.3. The molecule has 0 aromatic carbocycles. The lowest BCUT2D eigenvalue weighted by atomic mass is 10.0. The van der Waals surface area contributed by atoms with Gasteiger partial charge in [0, 0.05) is 44.3 Å². The quantitative estimate of drug-likeness (QED) is 0.476. The van der Waals surface area contributed by atoms with E-state index in [1.165, 1.54) is 32.1 Å². The Bertz CT molecular complexity index is 892. The molecule has 4 rings (SSSR count). The van der Waals surface area contributed by atoms with Crippen molar-refractivity contribution in [2.75, 3.05) is 25.5 Å². The van der Waals surface area contributed by atoms with Gasteiger partial charge in [-0.2, -0.15) is 0 Å². The van der Waals surface area contributed by atoms with Crippen molar-refractivity contribution >= 4 is 25.1 Å². The maximum absolute atomic E-state index is 10.5. The summed E-state index contributed by atoms with van der Waals surface area (Å²) in [5, 5.41) is 5.57. The minimum Gasteiger partial charge on any atom is -0.412 e. The van der Waals surface area contributed by atoms with Crippen LogP contribution in [0.15, 0.2) is 36.8 Å². The Hall–Kier alpha value is -3.40. The molecule has 1 aliphatic carbocycles. The first-order chi connectivity index (χ1) is 17.0. The molecule has 2 fully saturated rings. The SMILES string of the molecule is CCCCC(C)CNC=O.CNc1nccc(-c2cccnc2)n1.O.O=CC1CC2(CC2)CN1C=O. The molecule has 0 bridgehead atoms. The Morgan fingerprint density at radius 2 is 2.00 bits per heavy atom. The van der Waals surface area contributed by atoms with Crippen LogP contribution in [0.25, 0.3) is 11.3 Å². The Morgan fingerprint density at radius 1 is 1.22 bits per heavy atom. The van der Waals surface area contributed by atoms with Crippen molar-refractivity contribution in [2.24, 2.45) is 11.3 Å². The molecule has 1 saturated carbocycles. The first-order valence-electron chi connectivity index (χ1n) is 12.3. The molecule has 2 unspecified atom stereocenters. The number of carbonyl (C=O) groups is 3. The van der Waals surface area contributed by atoms with Crippen LogP contribution in [0.3, 0.4) is 0 Å². The molecular formula is C26H40N6O4. The molecule has 0 radical (unpaired) electrons. The number of carbonyl (C=O) groups excluding carboxylic acids is 3. The van der Waals surface area contributed by atoms with E-state index >= 15 is 0 Å². The summed E-state index contributed by atoms with van der Waals surface area (Å²) in [6.07, 6.45) is 14.7. The molecule has 3 heterocycles. The van der Waals surface area contributed by atoms with Gasteiger partial charge in [0.25, 0.3) is 0 Å². The van der Waals surface area contributed by atoms with Crippen LogP contribution < -0.4 is 10.6 Å². The average Bonchev–Trinajstić information content (AvgIpc) is 3.57. The number of nitrogens with zero attached hydrogens (tertiary/aromatic N) is 4. The van der Waals surface area contributed by atoms with Gasteiger partial charge in [0.05, 0.1) is 11.7 Å². The van der Waals surface area contributed by atoms with Crippen LogP contribution in [0.5, 0.6) is 0 Å². The van der Waals surface area contributed by atoms with Gasteiger partial charge in [-0.1, -0.05) is 26.7 Å². The fourth-order valence-electron chi connectivity index (χ4n) is 3.97. The molecule has 2 amide bonds. The van der Waals surface area contributed by atoms with E-state index in [9.17, 15) is 14.4 Å². The van der Waals surface area contributed by atoms with Crippen molar-refractivity contribution in [2.45, 2.75) is 58.4 Å². The molecule has 2 aliphatic rings. The fraction of sp³-hybridized carbons (Fsp3) is 0.538. The summed E-state index contributed by atoms with van der Waals surface area (Å²) in [5.74, 6) is 1.25. The number of unbranched alkanes of at least 4 members (excludes halogenated alkanes) is 1. The number of likely N-dealkylation sites (tertiary alicyclic amines) is 1. The van der Waals surface area contributed by atoms with Crippen molar-refractivity contribution in [3.63, 3.8) is 0 Å². The zero-order chi connectivity index (χ0) is 25.5. The largest absolute Gasteiger partial charge is 0.412 e. The molecule has 2 aromatic rings.